The van der Waals surface area contributed by atoms with Crippen LogP contribution < -0.4 is 0 Å². The average molecular weight is 915 g/mol. The van der Waals surface area contributed by atoms with E-state index in [9.17, 15) is 44.6 Å². The summed E-state index contributed by atoms with van der Waals surface area (Å²) in [5, 5.41) is 50.3. The fourth-order valence-corrected chi connectivity index (χ4v) is 6.67. The summed E-state index contributed by atoms with van der Waals surface area (Å²) in [5.74, 6) is -1.61. The van der Waals surface area contributed by atoms with Gasteiger partial charge < -0.3 is 39.9 Å². The maximum Gasteiger partial charge on any atom is 0.472 e. The highest BCUT2D eigenvalue weighted by Gasteiger charge is 2.51. The highest BCUT2D eigenvalue weighted by Crippen LogP contribution is 2.47. The summed E-state index contributed by atoms with van der Waals surface area (Å²) in [4.78, 5) is 35.9. The molecule has 0 spiro atoms. The normalized spacial score (nSPS) is 25.7. The molecule has 1 aliphatic rings. The Morgan fingerprint density at radius 3 is 1.48 bits per heavy atom. The van der Waals surface area contributed by atoms with E-state index in [-0.39, 0.29) is 80.5 Å². The topological polar surface area (TPSA) is 210 Å². The van der Waals surface area contributed by atoms with E-state index < -0.39 is 88.5 Å². The molecule has 0 aromatic rings. The Morgan fingerprint density at radius 2 is 0.952 bits per heavy atom. The predicted octanol–water partition coefficient (Wildman–Crippen LogP) is 9.05. The quantitative estimate of drug-likeness (QED) is 0.0150. The van der Waals surface area contributed by atoms with Crippen molar-refractivity contribution in [2.75, 3.05) is 13.2 Å². The molecule has 13 nitrogen and oxygen atoms in total. The van der Waals surface area contributed by atoms with E-state index in [1.807, 2.05) is 25.2 Å². The van der Waals surface area contributed by atoms with Crippen LogP contribution in [0.5, 0.6) is 0 Å². The van der Waals surface area contributed by atoms with Crippen molar-refractivity contribution in [3.63, 3.8) is 0 Å². The fraction of sp³-hybridized carbons (Fsp3) is 0.633. The fourth-order valence-electron chi connectivity index (χ4n) is 5.70. The first kappa shape index (κ1) is 44.9. The Labute approximate surface area is 388 Å². The van der Waals surface area contributed by atoms with Crippen LogP contribution in [0.4, 0.5) is 0 Å². The Balaban J connectivity index is 2.82. The van der Waals surface area contributed by atoms with Gasteiger partial charge in [-0.1, -0.05) is 137 Å². The summed E-state index contributed by atoms with van der Waals surface area (Å²) in [5.41, 5.74) is 0. The molecule has 8 atom stereocenters. The van der Waals surface area contributed by atoms with Crippen molar-refractivity contribution in [3.8, 4) is 0 Å². The number of allylic oxidation sites excluding steroid dienone is 16. The van der Waals surface area contributed by atoms with Crippen LogP contribution in [-0.2, 0) is 32.7 Å². The summed E-state index contributed by atoms with van der Waals surface area (Å²) in [6.45, 7) is 2.61. The van der Waals surface area contributed by atoms with Crippen LogP contribution in [0.15, 0.2) is 97.0 Å². The molecule has 1 aliphatic carbocycles. The highest BCUT2D eigenvalue weighted by molar-refractivity contribution is 7.47. The monoisotopic (exact) mass is 915 g/mol. The molecule has 0 aromatic heterocycles. The zero-order valence-electron chi connectivity index (χ0n) is 45.2. The van der Waals surface area contributed by atoms with Crippen molar-refractivity contribution in [2.24, 2.45) is 0 Å². The van der Waals surface area contributed by atoms with Gasteiger partial charge in [-0.05, 0) is 89.9 Å². The molecule has 0 bridgehead atoms. The first-order valence-corrected chi connectivity index (χ1v) is 23.8. The van der Waals surface area contributed by atoms with E-state index in [4.69, 9.17) is 29.5 Å². The molecule has 0 heterocycles. The number of unbranched alkanes of at least 4 members (excludes halogenated alkanes) is 6. The molecule has 6 N–H and O–H groups in total. The summed E-state index contributed by atoms with van der Waals surface area (Å²) >= 11 is 0. The van der Waals surface area contributed by atoms with Crippen molar-refractivity contribution < 1.29 is 74.1 Å². The molecule has 0 saturated heterocycles. The van der Waals surface area contributed by atoms with E-state index in [1.165, 1.54) is 19.3 Å². The first-order chi connectivity index (χ1) is 33.6. The Bertz CT molecular complexity index is 1890. The molecule has 0 aromatic carbocycles. The van der Waals surface area contributed by atoms with E-state index in [2.05, 4.69) is 37.3 Å². The van der Waals surface area contributed by atoms with Gasteiger partial charge in [0.25, 0.3) is 0 Å². The van der Waals surface area contributed by atoms with Gasteiger partial charge in [0.05, 0.1) is 17.6 Å². The van der Waals surface area contributed by atoms with Crippen molar-refractivity contribution in [2.45, 2.75) is 185 Å². The smallest absolute Gasteiger partial charge is 0.462 e. The summed E-state index contributed by atoms with van der Waals surface area (Å²) in [6, 6.07) is -1.79. The Morgan fingerprint density at radius 1 is 0.540 bits per heavy atom. The predicted molar refractivity (Wildman–Crippen MR) is 248 cm³/mol. The molecule has 1 rings (SSSR count). The van der Waals surface area contributed by atoms with Crippen LogP contribution in [-0.4, -0.2) is 98.3 Å². The summed E-state index contributed by atoms with van der Waals surface area (Å²) < 4.78 is 98.6. The molecule has 63 heavy (non-hydrogen) atoms. The van der Waals surface area contributed by atoms with Crippen LogP contribution in [0.2, 0.25) is 0 Å². The third-order valence-corrected chi connectivity index (χ3v) is 10.3. The van der Waals surface area contributed by atoms with Gasteiger partial charge in [0.15, 0.2) is 6.10 Å². The lowest BCUT2D eigenvalue weighted by Gasteiger charge is -2.41. The number of hydrogen-bond donors (Lipinski definition) is 6. The van der Waals surface area contributed by atoms with Crippen LogP contribution in [0.3, 0.4) is 0 Å². The highest BCUT2D eigenvalue weighted by atomic mass is 31.2. The lowest BCUT2D eigenvalue weighted by molar-refractivity contribution is -0.220. The number of ether oxygens (including phenoxy) is 2. The van der Waals surface area contributed by atoms with Gasteiger partial charge in [-0.3, -0.25) is 18.6 Å². The van der Waals surface area contributed by atoms with Gasteiger partial charge in [-0.25, -0.2) is 4.57 Å². The van der Waals surface area contributed by atoms with E-state index in [0.29, 0.717) is 25.7 Å². The first-order valence-electron chi connectivity index (χ1n) is 26.3. The number of carbonyl (C=O) groups is 2. The Kier molecular flexibility index (Phi) is 27.2. The number of phosphoric acid groups is 1. The lowest BCUT2D eigenvalue weighted by atomic mass is 9.85. The summed E-state index contributed by atoms with van der Waals surface area (Å²) in [6.07, 6.45) is 12.1. The van der Waals surface area contributed by atoms with Gasteiger partial charge >= 0.3 is 19.8 Å². The van der Waals surface area contributed by atoms with E-state index >= 15 is 0 Å². The number of aliphatic hydroxyl groups is 5. The molecular formula is C49H79O13P. The van der Waals surface area contributed by atoms with Crippen molar-refractivity contribution in [1.82, 2.24) is 0 Å². The van der Waals surface area contributed by atoms with Crippen LogP contribution in [0, 0.1) is 0 Å². The zero-order chi connectivity index (χ0) is 53.4. The molecule has 358 valence electrons. The van der Waals surface area contributed by atoms with Gasteiger partial charge in [-0.15, -0.1) is 0 Å². The van der Waals surface area contributed by atoms with Crippen molar-refractivity contribution in [3.05, 3.63) is 97.0 Å². The zero-order valence-corrected chi connectivity index (χ0v) is 38.1. The maximum atomic E-state index is 12.9. The molecular weight excluding hydrogens is 827 g/mol. The van der Waals surface area contributed by atoms with Gasteiger partial charge in [0, 0.05) is 12.8 Å². The molecule has 1 fully saturated rings. The van der Waals surface area contributed by atoms with E-state index in [1.54, 1.807) is 0 Å². The summed E-state index contributed by atoms with van der Waals surface area (Å²) in [7, 11) is -5.27. The second kappa shape index (κ2) is 38.1. The SMILES string of the molecule is [2H]/C(CCCCC)=C(\[2H])C/C([2H])=C(/[2H])C/C([2H])=C(/[2H])C/C([2H])=C(/[2H])CCCC(=O)OC[C@H](COP(=O)(O)OC1[C@H](O)[C@H](O)C(O)[C@H](O)[C@H]1O)OC(=O)CCC/C=C\C/C=C\C/C=C\C/C=C\CCCCC. The molecule has 0 radical (unpaired) electrons. The third kappa shape index (κ3) is 30.5. The average Bonchev–Trinajstić information content (AvgIpc) is 3.33. The third-order valence-electron chi connectivity index (χ3n) is 9.31. The van der Waals surface area contributed by atoms with Gasteiger partial charge in [0.2, 0.25) is 0 Å². The molecule has 14 heteroatoms. The number of hydrogen-bond acceptors (Lipinski definition) is 12. The number of phosphoric ester groups is 1. The van der Waals surface area contributed by atoms with Crippen molar-refractivity contribution >= 4 is 19.8 Å². The number of esters is 2. The second-order valence-electron chi connectivity index (χ2n) is 14.8. The lowest BCUT2D eigenvalue weighted by Crippen LogP contribution is -2.64. The molecule has 0 aliphatic heterocycles. The van der Waals surface area contributed by atoms with Crippen LogP contribution in [0.1, 0.15) is 153 Å². The molecule has 3 unspecified atom stereocenters. The number of aliphatic hydroxyl groups excluding tert-OH is 5. The minimum atomic E-state index is -5.27. The van der Waals surface area contributed by atoms with Crippen molar-refractivity contribution in [1.29, 1.82) is 0 Å². The standard InChI is InChI=1S/C49H79O13P/c1-3-5-7-9-11-13-15-17-19-21-23-25-27-29-31-33-35-37-42(50)59-39-41(40-60-63(57,58)62-49-47(55)45(53)44(52)46(54)48(49)56)61-43(51)38-36-34-32-30-28-26-24-22-20-18-16-14-12-10-8-6-4-2/h11-14,17-20,23-26,29-32,41,44-49,52-56H,3-10,15-16,21-22,27-28,33-40H2,1-2H3,(H,57,58)/b13-11-,14-12-,19-17-,20-18-,25-23-,26-24-,31-29-,32-30-/t41-,44?,45-,46+,47-,48-,49?/m1/s1/i11D,13D,17D,19D,23D,25D,29D,31D. The number of rotatable bonds is 36. The van der Waals surface area contributed by atoms with Gasteiger partial charge in [-0.2, -0.15) is 0 Å². The van der Waals surface area contributed by atoms with E-state index in [0.717, 1.165) is 38.5 Å². The number of carbonyl (C=O) groups excluding carboxylic acids is 2. The largest absolute Gasteiger partial charge is 0.472 e. The minimum absolute atomic E-state index is 0.00258. The molecule has 1 saturated carbocycles. The minimum Gasteiger partial charge on any atom is -0.462 e. The molecule has 0 amide bonds. The maximum absolute atomic E-state index is 12.9. The van der Waals surface area contributed by atoms with Crippen LogP contribution >= 0.6 is 7.82 Å². The van der Waals surface area contributed by atoms with Crippen LogP contribution in [0.25, 0.3) is 0 Å². The second-order valence-corrected chi connectivity index (χ2v) is 16.2. The van der Waals surface area contributed by atoms with Gasteiger partial charge in [0.1, 0.15) is 43.2 Å². The Hall–Kier alpha value is -3.23.